The molecule has 1 amide bonds. The second kappa shape index (κ2) is 13.2. The average Bonchev–Trinajstić information content (AvgIpc) is 3.20. The molecule has 0 aliphatic carbocycles. The van der Waals surface area contributed by atoms with Gasteiger partial charge in [-0.15, -0.1) is 0 Å². The minimum atomic E-state index is 0.125. The molecule has 1 N–H and O–H groups in total. The summed E-state index contributed by atoms with van der Waals surface area (Å²) in [6, 6.07) is 16.8. The summed E-state index contributed by atoms with van der Waals surface area (Å²) in [4.78, 5) is 17.1. The van der Waals surface area contributed by atoms with Crippen molar-refractivity contribution in [1.82, 2.24) is 14.9 Å². The first-order chi connectivity index (χ1) is 16.5. The van der Waals surface area contributed by atoms with Crippen molar-refractivity contribution in [3.05, 3.63) is 59.9 Å². The van der Waals surface area contributed by atoms with Crippen LogP contribution in [0.25, 0.3) is 11.0 Å². The zero-order valence-electron chi connectivity index (χ0n) is 21.3. The molecule has 34 heavy (non-hydrogen) atoms. The predicted molar refractivity (Wildman–Crippen MR) is 140 cm³/mol. The van der Waals surface area contributed by atoms with E-state index in [0.717, 1.165) is 62.2 Å². The van der Waals surface area contributed by atoms with Crippen molar-refractivity contribution in [3.63, 3.8) is 0 Å². The second-order valence-corrected chi connectivity index (χ2v) is 9.36. The van der Waals surface area contributed by atoms with Crippen LogP contribution in [0.1, 0.15) is 77.1 Å². The van der Waals surface area contributed by atoms with Crippen molar-refractivity contribution in [1.29, 1.82) is 0 Å². The highest BCUT2D eigenvalue weighted by atomic mass is 16.5. The summed E-state index contributed by atoms with van der Waals surface area (Å²) < 4.78 is 8.30. The number of hydrogen-bond acceptors (Lipinski definition) is 3. The Labute approximate surface area is 204 Å². The van der Waals surface area contributed by atoms with Gasteiger partial charge in [0.25, 0.3) is 0 Å². The molecule has 3 rings (SSSR count). The van der Waals surface area contributed by atoms with Crippen molar-refractivity contribution in [2.24, 2.45) is 5.92 Å². The fourth-order valence-corrected chi connectivity index (χ4v) is 4.34. The molecule has 0 atom stereocenters. The first-order valence-corrected chi connectivity index (χ1v) is 13.0. The minimum absolute atomic E-state index is 0.125. The fourth-order valence-electron chi connectivity index (χ4n) is 4.34. The molecule has 0 aliphatic rings. The lowest BCUT2D eigenvalue weighted by molar-refractivity contribution is -0.125. The number of ether oxygens (including phenoxy) is 1. The van der Waals surface area contributed by atoms with Gasteiger partial charge in [-0.1, -0.05) is 52.0 Å². The van der Waals surface area contributed by atoms with Crippen LogP contribution in [0.5, 0.6) is 5.75 Å². The first-order valence-electron chi connectivity index (χ1n) is 13.0. The lowest BCUT2D eigenvalue weighted by Crippen LogP contribution is -2.31. The Kier molecular flexibility index (Phi) is 9.99. The minimum Gasteiger partial charge on any atom is -0.494 e. The molecule has 2 aromatic carbocycles. The number of carbonyl (C=O) groups excluding carboxylic acids is 1. The van der Waals surface area contributed by atoms with E-state index in [1.807, 2.05) is 6.07 Å². The van der Waals surface area contributed by atoms with E-state index in [-0.39, 0.29) is 11.8 Å². The third-order valence-corrected chi connectivity index (χ3v) is 6.56. The number of aryl methyl sites for hydroxylation is 2. The van der Waals surface area contributed by atoms with E-state index in [1.54, 1.807) is 0 Å². The summed E-state index contributed by atoms with van der Waals surface area (Å²) in [6.07, 6.45) is 5.56. The number of aromatic nitrogens is 2. The number of para-hydroxylation sites is 2. The molecule has 5 nitrogen and oxygen atoms in total. The first kappa shape index (κ1) is 25.8. The standard InChI is InChI=1S/C29H41N3O2/c1-5-23(6-2)29(33)30-19-11-14-28-31-26-12-7-8-13-27(26)32(28)20-9-10-21-34-25-17-15-24(16-18-25)22(3)4/h7-8,12-13,15-18,22-23H,5-6,9-11,14,19-21H2,1-4H3,(H,30,33). The molecule has 0 unspecified atom stereocenters. The molecule has 1 aromatic heterocycles. The van der Waals surface area contributed by atoms with Crippen LogP contribution in [0.3, 0.4) is 0 Å². The number of hydrogen-bond donors (Lipinski definition) is 1. The number of amides is 1. The Morgan fingerprint density at radius 3 is 2.44 bits per heavy atom. The summed E-state index contributed by atoms with van der Waals surface area (Å²) in [5.41, 5.74) is 3.56. The van der Waals surface area contributed by atoms with Crippen molar-refractivity contribution in [2.45, 2.75) is 78.7 Å². The number of nitrogens with one attached hydrogen (secondary N) is 1. The highest BCUT2D eigenvalue weighted by Crippen LogP contribution is 2.20. The summed E-state index contributed by atoms with van der Waals surface area (Å²) in [6.45, 7) is 10.9. The van der Waals surface area contributed by atoms with Gasteiger partial charge in [0.05, 0.1) is 17.6 Å². The molecular formula is C29H41N3O2. The zero-order valence-corrected chi connectivity index (χ0v) is 21.3. The molecular weight excluding hydrogens is 422 g/mol. The van der Waals surface area contributed by atoms with E-state index < -0.39 is 0 Å². The van der Waals surface area contributed by atoms with E-state index >= 15 is 0 Å². The topological polar surface area (TPSA) is 56.2 Å². The smallest absolute Gasteiger partial charge is 0.223 e. The van der Waals surface area contributed by atoms with Crippen LogP contribution >= 0.6 is 0 Å². The average molecular weight is 464 g/mol. The maximum atomic E-state index is 12.2. The Morgan fingerprint density at radius 1 is 1.00 bits per heavy atom. The Hall–Kier alpha value is -2.82. The maximum absolute atomic E-state index is 12.2. The SMILES string of the molecule is CCC(CC)C(=O)NCCCc1nc2ccccc2n1CCCCOc1ccc(C(C)C)cc1. The number of benzene rings is 2. The van der Waals surface area contributed by atoms with Crippen molar-refractivity contribution >= 4 is 16.9 Å². The summed E-state index contributed by atoms with van der Waals surface area (Å²) in [5, 5.41) is 3.10. The van der Waals surface area contributed by atoms with E-state index in [9.17, 15) is 4.79 Å². The van der Waals surface area contributed by atoms with Gasteiger partial charge >= 0.3 is 0 Å². The number of unbranched alkanes of at least 4 members (excludes halogenated alkanes) is 1. The predicted octanol–water partition coefficient (Wildman–Crippen LogP) is 6.50. The fraction of sp³-hybridized carbons (Fsp3) is 0.517. The number of nitrogens with zero attached hydrogens (tertiary/aromatic N) is 2. The van der Waals surface area contributed by atoms with E-state index in [1.165, 1.54) is 11.1 Å². The molecule has 0 aliphatic heterocycles. The molecule has 0 saturated carbocycles. The van der Waals surface area contributed by atoms with Gasteiger partial charge in [-0.05, 0) is 67.9 Å². The van der Waals surface area contributed by atoms with Crippen LogP contribution in [0.15, 0.2) is 48.5 Å². The van der Waals surface area contributed by atoms with Gasteiger partial charge < -0.3 is 14.6 Å². The molecule has 0 bridgehead atoms. The molecule has 0 saturated heterocycles. The monoisotopic (exact) mass is 463 g/mol. The Morgan fingerprint density at radius 2 is 1.74 bits per heavy atom. The van der Waals surface area contributed by atoms with Gasteiger partial charge in [0.2, 0.25) is 5.91 Å². The van der Waals surface area contributed by atoms with Gasteiger partial charge in [0, 0.05) is 25.4 Å². The number of carbonyl (C=O) groups is 1. The van der Waals surface area contributed by atoms with Crippen molar-refractivity contribution in [3.8, 4) is 5.75 Å². The van der Waals surface area contributed by atoms with Gasteiger partial charge in [-0.3, -0.25) is 4.79 Å². The normalized spacial score (nSPS) is 11.5. The Bertz CT molecular complexity index is 1020. The second-order valence-electron chi connectivity index (χ2n) is 9.36. The number of imidazole rings is 1. The van der Waals surface area contributed by atoms with E-state index in [4.69, 9.17) is 9.72 Å². The summed E-state index contributed by atoms with van der Waals surface area (Å²) in [5.74, 6) is 2.88. The number of rotatable bonds is 14. The third kappa shape index (κ3) is 7.09. The van der Waals surface area contributed by atoms with Crippen molar-refractivity contribution in [2.75, 3.05) is 13.2 Å². The van der Waals surface area contributed by atoms with Crippen LogP contribution in [-0.4, -0.2) is 28.6 Å². The van der Waals surface area contributed by atoms with Crippen LogP contribution in [0.4, 0.5) is 0 Å². The molecule has 0 radical (unpaired) electrons. The maximum Gasteiger partial charge on any atom is 0.223 e. The zero-order chi connectivity index (χ0) is 24.3. The summed E-state index contributed by atoms with van der Waals surface area (Å²) >= 11 is 0. The van der Waals surface area contributed by atoms with Gasteiger partial charge in [0.15, 0.2) is 0 Å². The quantitative estimate of drug-likeness (QED) is 0.278. The molecule has 1 heterocycles. The highest BCUT2D eigenvalue weighted by Gasteiger charge is 2.14. The molecule has 184 valence electrons. The molecule has 5 heteroatoms. The lowest BCUT2D eigenvalue weighted by Gasteiger charge is -2.13. The van der Waals surface area contributed by atoms with E-state index in [0.29, 0.717) is 19.1 Å². The van der Waals surface area contributed by atoms with Crippen LogP contribution in [0.2, 0.25) is 0 Å². The van der Waals surface area contributed by atoms with Gasteiger partial charge in [-0.25, -0.2) is 4.98 Å². The largest absolute Gasteiger partial charge is 0.494 e. The molecule has 0 spiro atoms. The molecule has 3 aromatic rings. The van der Waals surface area contributed by atoms with Crippen LogP contribution in [-0.2, 0) is 17.8 Å². The highest BCUT2D eigenvalue weighted by molar-refractivity contribution is 5.78. The van der Waals surface area contributed by atoms with Crippen molar-refractivity contribution < 1.29 is 9.53 Å². The molecule has 0 fully saturated rings. The number of fused-ring (bicyclic) bond motifs is 1. The van der Waals surface area contributed by atoms with Crippen LogP contribution < -0.4 is 10.1 Å². The van der Waals surface area contributed by atoms with E-state index in [2.05, 4.69) is 80.0 Å². The van der Waals surface area contributed by atoms with Gasteiger partial charge in [-0.2, -0.15) is 0 Å². The lowest BCUT2D eigenvalue weighted by atomic mass is 10.0. The van der Waals surface area contributed by atoms with Gasteiger partial charge in [0.1, 0.15) is 11.6 Å². The third-order valence-electron chi connectivity index (χ3n) is 6.56. The van der Waals surface area contributed by atoms with Crippen LogP contribution in [0, 0.1) is 5.92 Å². The Balaban J connectivity index is 1.49. The summed E-state index contributed by atoms with van der Waals surface area (Å²) in [7, 11) is 0.